The molecule has 11 nitrogen and oxygen atoms in total. The number of hydrogen-bond acceptors (Lipinski definition) is 7. The van der Waals surface area contributed by atoms with E-state index in [4.69, 9.17) is 5.11 Å². The second-order valence-corrected chi connectivity index (χ2v) is 14.8. The highest BCUT2D eigenvalue weighted by Crippen LogP contribution is 2.32. The van der Waals surface area contributed by atoms with Crippen LogP contribution >= 0.6 is 0 Å². The lowest BCUT2D eigenvalue weighted by Gasteiger charge is -2.34. The van der Waals surface area contributed by atoms with Gasteiger partial charge in [0.15, 0.2) is 4.90 Å². The molecule has 1 aliphatic rings. The van der Waals surface area contributed by atoms with Crippen molar-refractivity contribution in [2.24, 2.45) is 5.92 Å². The Balaban J connectivity index is 1.29. The van der Waals surface area contributed by atoms with Crippen LogP contribution in [0.15, 0.2) is 95.9 Å². The lowest BCUT2D eigenvalue weighted by atomic mass is 9.86. The zero-order valence-corrected chi connectivity index (χ0v) is 31.7. The Morgan fingerprint density at radius 3 is 1.93 bits per heavy atom. The summed E-state index contributed by atoms with van der Waals surface area (Å²) in [5.74, 6) is -2.96. The van der Waals surface area contributed by atoms with Crippen molar-refractivity contribution in [2.75, 3.05) is 35.2 Å². The molecule has 4 aromatic rings. The monoisotopic (exact) mass is 752 g/mol. The summed E-state index contributed by atoms with van der Waals surface area (Å²) in [5, 5.41) is 24.4. The molecular formula is C42H48N4O7S. The predicted molar refractivity (Wildman–Crippen MR) is 212 cm³/mol. The number of carbonyl (C=O) groups is 4. The molecule has 4 aromatic carbocycles. The van der Waals surface area contributed by atoms with Crippen LogP contribution in [0.3, 0.4) is 0 Å². The quantitative estimate of drug-likeness (QED) is 0.0849. The molecule has 1 fully saturated rings. The van der Waals surface area contributed by atoms with Crippen molar-refractivity contribution in [3.63, 3.8) is 0 Å². The number of aromatic carboxylic acids is 1. The van der Waals surface area contributed by atoms with Crippen molar-refractivity contribution in [2.45, 2.75) is 70.2 Å². The van der Waals surface area contributed by atoms with Gasteiger partial charge in [0, 0.05) is 42.6 Å². The van der Waals surface area contributed by atoms with Gasteiger partial charge in [0.05, 0.1) is 40.1 Å². The van der Waals surface area contributed by atoms with Gasteiger partial charge in [-0.15, -0.1) is 4.31 Å². The molecule has 1 saturated carbocycles. The maximum atomic E-state index is 13.8. The number of aliphatic carboxylic acids is 1. The van der Waals surface area contributed by atoms with Gasteiger partial charge >= 0.3 is 11.9 Å². The molecule has 0 aliphatic heterocycles. The maximum absolute atomic E-state index is 13.8. The summed E-state index contributed by atoms with van der Waals surface area (Å²) in [6.07, 6.45) is 3.83. The average Bonchev–Trinajstić information content (AvgIpc) is 3.19. The summed E-state index contributed by atoms with van der Waals surface area (Å²) in [6, 6.07) is 26.4. The number of nitrogens with one attached hydrogen (secondary N) is 2. The summed E-state index contributed by atoms with van der Waals surface area (Å²) in [5.41, 5.74) is 4.67. The fourth-order valence-corrected chi connectivity index (χ4v) is 8.28. The van der Waals surface area contributed by atoms with Crippen LogP contribution in [0.1, 0.15) is 88.7 Å². The van der Waals surface area contributed by atoms with Gasteiger partial charge in [0.2, 0.25) is 0 Å². The third-order valence-electron chi connectivity index (χ3n) is 10.0. The molecule has 12 heteroatoms. The fraction of sp³-hybridized carbons (Fsp3) is 0.333. The number of hydrogen-bond donors (Lipinski definition) is 4. The van der Waals surface area contributed by atoms with Gasteiger partial charge in [-0.05, 0) is 125 Å². The number of nitrogens with zero attached hydrogens (tertiary/aromatic N) is 2. The molecule has 1 unspecified atom stereocenters. The smallest absolute Gasteiger partial charge is 0.335 e. The van der Waals surface area contributed by atoms with Crippen molar-refractivity contribution in [3.05, 3.63) is 119 Å². The number of carboxylic acid groups (broad SMARTS) is 2. The highest BCUT2D eigenvalue weighted by molar-refractivity contribution is 7.89. The normalized spacial score (nSPS) is 16.0. The number of benzene rings is 4. The zero-order valence-electron chi connectivity index (χ0n) is 30.9. The molecule has 0 radical (unpaired) electrons. The van der Waals surface area contributed by atoms with Crippen LogP contribution in [0.2, 0.25) is 0 Å². The first kappa shape index (κ1) is 40.0. The highest BCUT2D eigenvalue weighted by atomic mass is 32.2. The molecule has 54 heavy (non-hydrogen) atoms. The first-order chi connectivity index (χ1) is 26.0. The Kier molecular flexibility index (Phi) is 13.9. The Morgan fingerprint density at radius 1 is 0.722 bits per heavy atom. The van der Waals surface area contributed by atoms with Crippen LogP contribution in [0.4, 0.5) is 17.1 Å². The van der Waals surface area contributed by atoms with Crippen molar-refractivity contribution in [3.8, 4) is 0 Å². The molecule has 0 spiro atoms. The van der Waals surface area contributed by atoms with E-state index in [1.165, 1.54) is 0 Å². The van der Waals surface area contributed by atoms with Gasteiger partial charge < -0.3 is 30.3 Å². The average molecular weight is 753 g/mol. The first-order valence-corrected chi connectivity index (χ1v) is 19.6. The van der Waals surface area contributed by atoms with E-state index < -0.39 is 35.1 Å². The Bertz CT molecular complexity index is 1920. The molecule has 0 heterocycles. The summed E-state index contributed by atoms with van der Waals surface area (Å²) in [4.78, 5) is 52.7. The molecule has 1 aliphatic carbocycles. The van der Waals surface area contributed by atoms with Gasteiger partial charge in [-0.1, -0.05) is 30.3 Å². The molecular weight excluding hydrogens is 705 g/mol. The number of carboxylic acids is 2. The second kappa shape index (κ2) is 18.7. The minimum absolute atomic E-state index is 0.0181. The second-order valence-electron chi connectivity index (χ2n) is 13.4. The van der Waals surface area contributed by atoms with Crippen LogP contribution in [-0.4, -0.2) is 68.5 Å². The molecule has 0 bridgehead atoms. The Hall–Kier alpha value is -5.17. The van der Waals surface area contributed by atoms with Crippen LogP contribution in [0, 0.1) is 5.92 Å². The minimum atomic E-state index is -1.56. The molecule has 5 rings (SSSR count). The van der Waals surface area contributed by atoms with Gasteiger partial charge in [-0.25, -0.2) is 4.79 Å². The Morgan fingerprint density at radius 2 is 1.35 bits per heavy atom. The van der Waals surface area contributed by atoms with E-state index in [1.807, 2.05) is 67.5 Å². The van der Waals surface area contributed by atoms with Gasteiger partial charge in [-0.3, -0.25) is 14.4 Å². The van der Waals surface area contributed by atoms with E-state index in [-0.39, 0.29) is 23.1 Å². The van der Waals surface area contributed by atoms with E-state index in [9.17, 15) is 28.8 Å². The topological polar surface area (TPSA) is 162 Å². The van der Waals surface area contributed by atoms with Crippen LogP contribution < -0.4 is 15.5 Å². The lowest BCUT2D eigenvalue weighted by molar-refractivity contribution is -0.143. The molecule has 2 amide bonds. The van der Waals surface area contributed by atoms with Crippen molar-refractivity contribution in [1.29, 1.82) is 0 Å². The van der Waals surface area contributed by atoms with Gasteiger partial charge in [0.1, 0.15) is 0 Å². The molecule has 284 valence electrons. The number of amides is 2. The third kappa shape index (κ3) is 10.1. The number of aryl methyl sites for hydroxylation is 2. The van der Waals surface area contributed by atoms with E-state index in [0.717, 1.165) is 42.7 Å². The van der Waals surface area contributed by atoms with Crippen LogP contribution in [-0.2, 0) is 29.0 Å². The summed E-state index contributed by atoms with van der Waals surface area (Å²) >= 11 is -1.56. The summed E-state index contributed by atoms with van der Waals surface area (Å²) in [7, 11) is 0. The van der Waals surface area contributed by atoms with E-state index in [0.29, 0.717) is 54.1 Å². The number of carbonyl (C=O) groups excluding carboxylic acids is 2. The van der Waals surface area contributed by atoms with E-state index in [2.05, 4.69) is 15.5 Å². The third-order valence-corrected chi connectivity index (χ3v) is 11.7. The zero-order chi connectivity index (χ0) is 38.8. The summed E-state index contributed by atoms with van der Waals surface area (Å²) in [6.45, 7) is 7.96. The lowest BCUT2D eigenvalue weighted by Crippen LogP contribution is -2.42. The largest absolute Gasteiger partial charge is 0.593 e. The molecule has 4 N–H and O–H groups in total. The van der Waals surface area contributed by atoms with Crippen LogP contribution in [0.25, 0.3) is 0 Å². The van der Waals surface area contributed by atoms with Crippen molar-refractivity contribution < 1.29 is 33.9 Å². The Labute approximate surface area is 319 Å². The maximum Gasteiger partial charge on any atom is 0.335 e. The van der Waals surface area contributed by atoms with Crippen LogP contribution in [0.5, 0.6) is 0 Å². The standard InChI is InChI=1S/C42H48N4O7S/c1-4-45(5-2)35-24-25-38(37(27-35)40(48)43-33-20-14-29(15-21-33)11-10-28-12-16-30(17-13-28)41(49)50)44-39(47)32-8-7-9-36(26-32)54(53)46(6-3)34-22-18-31(19-23-34)42(51)52/h7-9,12-17,20-21,24-27,31,34H,4-6,10-11,18-19,22-23H2,1-3H3,(H,43,48)(H,44,47)(H,49,50)(H,51,52)/t31-,34-,54?. The van der Waals surface area contributed by atoms with Gasteiger partial charge in [0.25, 0.3) is 11.8 Å². The number of anilines is 3. The highest BCUT2D eigenvalue weighted by Gasteiger charge is 2.35. The molecule has 0 aromatic heterocycles. The molecule has 1 atom stereocenters. The first-order valence-electron chi connectivity index (χ1n) is 18.4. The van der Waals surface area contributed by atoms with E-state index >= 15 is 0 Å². The molecule has 0 saturated heterocycles. The predicted octanol–water partition coefficient (Wildman–Crippen LogP) is 7.51. The SMILES string of the molecule is CCN(CC)c1ccc(NC(=O)c2cccc([S+]([O-])N(CC)[C@H]3CC[C@H](C(=O)O)CC3)c2)c(C(=O)Nc2ccc(CCc3ccc(C(=O)O)cc3)cc2)c1. The number of rotatable bonds is 16. The summed E-state index contributed by atoms with van der Waals surface area (Å²) < 4.78 is 15.6. The minimum Gasteiger partial charge on any atom is -0.593 e. The fourth-order valence-electron chi connectivity index (χ4n) is 6.87. The van der Waals surface area contributed by atoms with Crippen molar-refractivity contribution >= 4 is 52.2 Å². The van der Waals surface area contributed by atoms with Gasteiger partial charge in [-0.2, -0.15) is 0 Å². The van der Waals surface area contributed by atoms with E-state index in [1.54, 1.807) is 48.5 Å². The van der Waals surface area contributed by atoms with Crippen molar-refractivity contribution in [1.82, 2.24) is 4.31 Å².